The van der Waals surface area contributed by atoms with E-state index in [4.69, 9.17) is 4.74 Å². The summed E-state index contributed by atoms with van der Waals surface area (Å²) in [4.78, 5) is 12.0. The number of benzene rings is 1. The molecule has 0 radical (unpaired) electrons. The first-order chi connectivity index (χ1) is 10.9. The average molecular weight is 341 g/mol. The van der Waals surface area contributed by atoms with E-state index in [9.17, 15) is 8.78 Å². The first-order valence-electron chi connectivity index (χ1n) is 6.93. The van der Waals surface area contributed by atoms with Gasteiger partial charge in [-0.25, -0.2) is 8.78 Å². The number of nitrogens with zero attached hydrogens (tertiary/aromatic N) is 3. The fourth-order valence-corrected chi connectivity index (χ4v) is 1.63. The van der Waals surface area contributed by atoms with Crippen molar-refractivity contribution in [3.05, 3.63) is 30.3 Å². The zero-order chi connectivity index (χ0) is 16.9. The summed E-state index contributed by atoms with van der Waals surface area (Å²) in [5.41, 5.74) is -0.161. The fraction of sp³-hybridized carbons (Fsp3) is 0.357. The van der Waals surface area contributed by atoms with Gasteiger partial charge in [0.1, 0.15) is 0 Å². The quantitative estimate of drug-likeness (QED) is 0.755. The van der Waals surface area contributed by atoms with Crippen LogP contribution in [0.1, 0.15) is 6.92 Å². The Morgan fingerprint density at radius 3 is 2.43 bits per heavy atom. The number of anilines is 3. The molecule has 9 heteroatoms. The van der Waals surface area contributed by atoms with Gasteiger partial charge in [-0.3, -0.25) is 0 Å². The summed E-state index contributed by atoms with van der Waals surface area (Å²) >= 11 is 0. The van der Waals surface area contributed by atoms with Crippen LogP contribution >= 0.6 is 9.24 Å². The van der Waals surface area contributed by atoms with Crippen LogP contribution in [0.15, 0.2) is 30.3 Å². The van der Waals surface area contributed by atoms with Crippen LogP contribution in [-0.4, -0.2) is 40.2 Å². The summed E-state index contributed by atoms with van der Waals surface area (Å²) in [5, 5.41) is 5.70. The Hall–Kier alpha value is -2.08. The molecule has 2 N–H and O–H groups in total. The molecule has 2 atom stereocenters. The topological polar surface area (TPSA) is 72.0 Å². The molecule has 0 saturated carbocycles. The molecule has 0 bridgehead atoms. The summed E-state index contributed by atoms with van der Waals surface area (Å²) in [6.45, 7) is 0.582. The van der Waals surface area contributed by atoms with Crippen molar-refractivity contribution in [3.8, 4) is 6.01 Å². The van der Waals surface area contributed by atoms with E-state index in [0.717, 1.165) is 5.69 Å². The normalized spacial score (nSPS) is 12.6. The number of nitrogens with one attached hydrogen (secondary N) is 2. The zero-order valence-electron chi connectivity index (χ0n) is 12.8. The third-order valence-corrected chi connectivity index (χ3v) is 3.42. The molecule has 0 fully saturated rings. The molecule has 0 aliphatic carbocycles. The predicted molar refractivity (Wildman–Crippen MR) is 88.7 cm³/mol. The van der Waals surface area contributed by atoms with Crippen LogP contribution in [0.5, 0.6) is 6.01 Å². The number of rotatable bonds is 7. The second-order valence-electron chi connectivity index (χ2n) is 4.84. The zero-order valence-corrected chi connectivity index (χ0v) is 13.9. The van der Waals surface area contributed by atoms with Crippen LogP contribution in [0.25, 0.3) is 0 Å². The second kappa shape index (κ2) is 7.46. The Morgan fingerprint density at radius 2 is 1.83 bits per heavy atom. The molecule has 2 rings (SSSR count). The van der Waals surface area contributed by atoms with Gasteiger partial charge in [0, 0.05) is 18.4 Å². The van der Waals surface area contributed by atoms with Crippen molar-refractivity contribution in [2.24, 2.45) is 0 Å². The van der Waals surface area contributed by atoms with Gasteiger partial charge < -0.3 is 15.4 Å². The maximum Gasteiger partial charge on any atom is 0.323 e. The molecule has 124 valence electrons. The Morgan fingerprint density at radius 1 is 1.17 bits per heavy atom. The van der Waals surface area contributed by atoms with Crippen molar-refractivity contribution in [2.75, 3.05) is 24.3 Å². The summed E-state index contributed by atoms with van der Waals surface area (Å²) in [6, 6.07) is 9.05. The van der Waals surface area contributed by atoms with Gasteiger partial charge in [-0.15, -0.1) is 9.24 Å². The van der Waals surface area contributed by atoms with Gasteiger partial charge in [0.05, 0.1) is 0 Å². The van der Waals surface area contributed by atoms with Crippen molar-refractivity contribution < 1.29 is 13.5 Å². The highest BCUT2D eigenvalue weighted by molar-refractivity contribution is 7.17. The van der Waals surface area contributed by atoms with Gasteiger partial charge in [-0.2, -0.15) is 15.0 Å². The summed E-state index contributed by atoms with van der Waals surface area (Å²) < 4.78 is 32.3. The molecule has 0 spiro atoms. The van der Waals surface area contributed by atoms with Crippen molar-refractivity contribution >= 4 is 26.8 Å². The first kappa shape index (κ1) is 17.3. The van der Waals surface area contributed by atoms with E-state index in [2.05, 4.69) is 34.8 Å². The first-order valence-corrected chi connectivity index (χ1v) is 7.59. The largest absolute Gasteiger partial charge is 0.457 e. The fourth-order valence-electron chi connectivity index (χ4n) is 1.53. The molecule has 23 heavy (non-hydrogen) atoms. The molecule has 6 nitrogen and oxygen atoms in total. The molecule has 0 saturated heterocycles. The lowest BCUT2D eigenvalue weighted by atomic mass is 10.3. The van der Waals surface area contributed by atoms with Crippen LogP contribution in [-0.2, 0) is 0 Å². The molecule has 0 amide bonds. The van der Waals surface area contributed by atoms with Crippen molar-refractivity contribution in [1.29, 1.82) is 0 Å². The minimum atomic E-state index is -3.00. The Kier molecular flexibility index (Phi) is 5.60. The maximum absolute atomic E-state index is 13.6. The Bertz CT molecular complexity index is 642. The van der Waals surface area contributed by atoms with Crippen LogP contribution in [0.4, 0.5) is 26.4 Å². The molecular formula is C14H18F2N5OP. The van der Waals surface area contributed by atoms with Crippen LogP contribution in [0.3, 0.4) is 0 Å². The third-order valence-electron chi connectivity index (χ3n) is 2.93. The van der Waals surface area contributed by atoms with Gasteiger partial charge in [-0.1, -0.05) is 25.1 Å². The Balaban J connectivity index is 2.15. The monoisotopic (exact) mass is 341 g/mol. The third kappa shape index (κ3) is 4.96. The molecule has 0 aliphatic rings. The molecular weight excluding hydrogens is 323 g/mol. The maximum atomic E-state index is 13.6. The SMILES string of the molecule is CNc1nc(Nc2ccccc2)nc(OCC(F)(F)C(C)P)n1. The lowest BCUT2D eigenvalue weighted by Crippen LogP contribution is -2.34. The van der Waals surface area contributed by atoms with E-state index in [-0.39, 0.29) is 17.9 Å². The van der Waals surface area contributed by atoms with E-state index in [0.29, 0.717) is 0 Å². The van der Waals surface area contributed by atoms with Crippen molar-refractivity contribution in [2.45, 2.75) is 18.5 Å². The summed E-state index contributed by atoms with van der Waals surface area (Å²) in [7, 11) is 3.68. The van der Waals surface area contributed by atoms with Crippen LogP contribution in [0.2, 0.25) is 0 Å². The number of hydrogen-bond acceptors (Lipinski definition) is 6. The van der Waals surface area contributed by atoms with E-state index in [1.165, 1.54) is 6.92 Å². The standard InChI is InChI=1S/C14H18F2N5OP/c1-9(23)14(15,16)8-22-13-20-11(17-2)19-12(21-13)18-10-6-4-3-5-7-10/h3-7,9H,8,23H2,1-2H3,(H2,17,18,19,20,21). The number of hydrogen-bond donors (Lipinski definition) is 2. The number of alkyl halides is 2. The van der Waals surface area contributed by atoms with Gasteiger partial charge in [0.25, 0.3) is 5.92 Å². The highest BCUT2D eigenvalue weighted by atomic mass is 31.0. The lowest BCUT2D eigenvalue weighted by molar-refractivity contribution is -0.0410. The van der Waals surface area contributed by atoms with Gasteiger partial charge in [-0.05, 0) is 12.1 Å². The summed E-state index contributed by atoms with van der Waals surface area (Å²) in [6.07, 6.45) is 0. The van der Waals surface area contributed by atoms with Gasteiger partial charge in [0.15, 0.2) is 6.61 Å². The van der Waals surface area contributed by atoms with E-state index >= 15 is 0 Å². The highest BCUT2D eigenvalue weighted by Crippen LogP contribution is 2.25. The van der Waals surface area contributed by atoms with E-state index in [1.807, 2.05) is 30.3 Å². The lowest BCUT2D eigenvalue weighted by Gasteiger charge is -2.19. The van der Waals surface area contributed by atoms with Crippen LogP contribution < -0.4 is 15.4 Å². The van der Waals surface area contributed by atoms with Gasteiger partial charge >= 0.3 is 6.01 Å². The molecule has 1 aromatic carbocycles. The van der Waals surface area contributed by atoms with E-state index in [1.54, 1.807) is 7.05 Å². The molecule has 2 unspecified atom stereocenters. The minimum Gasteiger partial charge on any atom is -0.457 e. The number of halogens is 2. The highest BCUT2D eigenvalue weighted by Gasteiger charge is 2.35. The van der Waals surface area contributed by atoms with Crippen LogP contribution in [0, 0.1) is 0 Å². The average Bonchev–Trinajstić information content (AvgIpc) is 2.53. The number of ether oxygens (including phenoxy) is 1. The summed E-state index contributed by atoms with van der Waals surface area (Å²) in [5.74, 6) is -2.58. The van der Waals surface area contributed by atoms with Crippen molar-refractivity contribution in [1.82, 2.24) is 15.0 Å². The predicted octanol–water partition coefficient (Wildman–Crippen LogP) is 2.93. The number of aromatic nitrogens is 3. The second-order valence-corrected chi connectivity index (χ2v) is 5.84. The van der Waals surface area contributed by atoms with E-state index < -0.39 is 18.2 Å². The molecule has 1 heterocycles. The smallest absolute Gasteiger partial charge is 0.323 e. The molecule has 2 aromatic rings. The minimum absolute atomic E-state index is 0.173. The Labute approximate surface area is 135 Å². The van der Waals surface area contributed by atoms with Crippen molar-refractivity contribution in [3.63, 3.8) is 0 Å². The number of para-hydroxylation sites is 1. The molecule has 1 aromatic heterocycles. The van der Waals surface area contributed by atoms with Gasteiger partial charge in [0.2, 0.25) is 11.9 Å². The molecule has 0 aliphatic heterocycles.